The molecule has 8 heteroatoms. The fraction of sp³-hybridized carbons (Fsp3) is 0.278. The molecule has 1 N–H and O–H groups in total. The van der Waals surface area contributed by atoms with E-state index in [-0.39, 0.29) is 23.8 Å². The number of nitrogens with zero attached hydrogens (tertiary/aromatic N) is 2. The van der Waals surface area contributed by atoms with E-state index >= 15 is 0 Å². The number of hydrogen-bond donors (Lipinski definition) is 1. The predicted molar refractivity (Wildman–Crippen MR) is 176 cm³/mol. The average molecular weight is 612 g/mol. The minimum absolute atomic E-state index is 0.0893. The number of sulfonamides is 1. The second-order valence-corrected chi connectivity index (χ2v) is 13.0. The molecule has 0 aliphatic heterocycles. The maximum Gasteiger partial charge on any atom is 0.264 e. The third-order valence-electron chi connectivity index (χ3n) is 7.83. The summed E-state index contributed by atoms with van der Waals surface area (Å²) in [6.45, 7) is 9.52. The molecule has 0 aliphatic rings. The van der Waals surface area contributed by atoms with Crippen LogP contribution >= 0.6 is 0 Å². The molecule has 7 nitrogen and oxygen atoms in total. The van der Waals surface area contributed by atoms with Crippen LogP contribution < -0.4 is 9.62 Å². The number of carbonyl (C=O) groups is 2. The van der Waals surface area contributed by atoms with Gasteiger partial charge in [0.2, 0.25) is 11.8 Å². The van der Waals surface area contributed by atoms with Gasteiger partial charge < -0.3 is 10.2 Å². The Morgan fingerprint density at radius 3 is 1.98 bits per heavy atom. The van der Waals surface area contributed by atoms with E-state index in [1.54, 1.807) is 36.4 Å². The zero-order valence-corrected chi connectivity index (χ0v) is 26.9. The van der Waals surface area contributed by atoms with Gasteiger partial charge in [-0.1, -0.05) is 90.0 Å². The summed E-state index contributed by atoms with van der Waals surface area (Å²) in [7, 11) is -4.15. The van der Waals surface area contributed by atoms with E-state index in [1.807, 2.05) is 95.3 Å². The van der Waals surface area contributed by atoms with Gasteiger partial charge >= 0.3 is 0 Å². The van der Waals surface area contributed by atoms with E-state index in [9.17, 15) is 18.0 Å². The molecule has 230 valence electrons. The summed E-state index contributed by atoms with van der Waals surface area (Å²) in [4.78, 5) is 29.7. The Kier molecular flexibility index (Phi) is 10.6. The van der Waals surface area contributed by atoms with Gasteiger partial charge in [0.15, 0.2) is 0 Å². The van der Waals surface area contributed by atoms with Crippen molar-refractivity contribution < 1.29 is 18.0 Å². The molecule has 2 amide bonds. The first-order valence-electron chi connectivity index (χ1n) is 14.8. The summed E-state index contributed by atoms with van der Waals surface area (Å²) in [6.07, 6.45) is 0.276. The highest BCUT2D eigenvalue weighted by Crippen LogP contribution is 2.29. The molecule has 0 aromatic heterocycles. The molecule has 44 heavy (non-hydrogen) atoms. The Morgan fingerprint density at radius 2 is 1.36 bits per heavy atom. The van der Waals surface area contributed by atoms with Gasteiger partial charge in [0.25, 0.3) is 10.0 Å². The number of likely N-dealkylation sites (N-methyl/N-ethyl adjacent to an activating group) is 1. The molecule has 0 saturated heterocycles. The molecule has 0 unspecified atom stereocenters. The van der Waals surface area contributed by atoms with Crippen molar-refractivity contribution in [2.75, 3.05) is 17.4 Å². The van der Waals surface area contributed by atoms with Crippen LogP contribution in [-0.4, -0.2) is 44.3 Å². The van der Waals surface area contributed by atoms with Crippen molar-refractivity contribution in [3.63, 3.8) is 0 Å². The number of nitrogens with one attached hydrogen (secondary N) is 1. The van der Waals surface area contributed by atoms with Crippen molar-refractivity contribution in [3.8, 4) is 0 Å². The van der Waals surface area contributed by atoms with E-state index in [4.69, 9.17) is 0 Å². The van der Waals surface area contributed by atoms with Gasteiger partial charge in [0.1, 0.15) is 12.6 Å². The van der Waals surface area contributed by atoms with Crippen LogP contribution in [0.2, 0.25) is 0 Å². The number of amides is 2. The summed E-state index contributed by atoms with van der Waals surface area (Å²) in [5.41, 5.74) is 5.81. The zero-order valence-electron chi connectivity index (χ0n) is 26.1. The molecule has 0 radical (unpaired) electrons. The van der Waals surface area contributed by atoms with Crippen LogP contribution in [0.1, 0.15) is 40.3 Å². The monoisotopic (exact) mass is 611 g/mol. The van der Waals surface area contributed by atoms with Gasteiger partial charge in [0, 0.05) is 19.5 Å². The van der Waals surface area contributed by atoms with E-state index in [0.29, 0.717) is 12.2 Å². The first-order valence-corrected chi connectivity index (χ1v) is 16.3. The largest absolute Gasteiger partial charge is 0.355 e. The number of rotatable bonds is 12. The van der Waals surface area contributed by atoms with Crippen LogP contribution in [0.4, 0.5) is 5.69 Å². The molecule has 0 heterocycles. The normalized spacial score (nSPS) is 11.9. The van der Waals surface area contributed by atoms with Crippen molar-refractivity contribution in [2.24, 2.45) is 0 Å². The fourth-order valence-electron chi connectivity index (χ4n) is 5.09. The van der Waals surface area contributed by atoms with Crippen LogP contribution in [0.5, 0.6) is 0 Å². The molecular weight excluding hydrogens is 570 g/mol. The van der Waals surface area contributed by atoms with Crippen LogP contribution in [0.25, 0.3) is 0 Å². The highest BCUT2D eigenvalue weighted by molar-refractivity contribution is 7.92. The van der Waals surface area contributed by atoms with Crippen molar-refractivity contribution in [2.45, 2.75) is 58.5 Å². The van der Waals surface area contributed by atoms with Crippen LogP contribution in [0.15, 0.2) is 102 Å². The van der Waals surface area contributed by atoms with E-state index in [1.165, 1.54) is 9.21 Å². The maximum absolute atomic E-state index is 14.5. The first kappa shape index (κ1) is 32.5. The minimum atomic E-state index is -4.15. The number of hydrogen-bond acceptors (Lipinski definition) is 4. The number of anilines is 1. The molecular formula is C36H41N3O4S. The number of aryl methyl sites for hydroxylation is 3. The van der Waals surface area contributed by atoms with E-state index in [2.05, 4.69) is 5.32 Å². The molecule has 0 saturated carbocycles. The highest BCUT2D eigenvalue weighted by atomic mass is 32.2. The van der Waals surface area contributed by atoms with Gasteiger partial charge in [-0.15, -0.1) is 0 Å². The summed E-state index contributed by atoms with van der Waals surface area (Å²) >= 11 is 0. The van der Waals surface area contributed by atoms with Gasteiger partial charge in [-0.2, -0.15) is 0 Å². The minimum Gasteiger partial charge on any atom is -0.355 e. The van der Waals surface area contributed by atoms with Gasteiger partial charge in [-0.05, 0) is 75.1 Å². The molecule has 4 aromatic carbocycles. The first-order chi connectivity index (χ1) is 21.0. The molecule has 4 aromatic rings. The Balaban J connectivity index is 1.82. The number of carbonyl (C=O) groups excluding carboxylic acids is 2. The Labute approximate surface area is 261 Å². The number of benzene rings is 4. The van der Waals surface area contributed by atoms with Crippen LogP contribution in [-0.2, 0) is 32.6 Å². The third kappa shape index (κ3) is 7.74. The lowest BCUT2D eigenvalue weighted by molar-refractivity contribution is -0.140. The Hall–Kier alpha value is -4.43. The second kappa shape index (κ2) is 14.4. The summed E-state index contributed by atoms with van der Waals surface area (Å²) in [5.74, 6) is -0.772. The topological polar surface area (TPSA) is 86.8 Å². The van der Waals surface area contributed by atoms with Crippen LogP contribution in [0, 0.1) is 27.7 Å². The molecule has 0 spiro atoms. The molecule has 0 aliphatic carbocycles. The fourth-order valence-corrected chi connectivity index (χ4v) is 6.56. The van der Waals surface area contributed by atoms with E-state index < -0.39 is 28.5 Å². The lowest BCUT2D eigenvalue weighted by Crippen LogP contribution is -2.53. The van der Waals surface area contributed by atoms with Gasteiger partial charge in [-0.25, -0.2) is 8.42 Å². The summed E-state index contributed by atoms with van der Waals surface area (Å²) in [5, 5.41) is 2.89. The van der Waals surface area contributed by atoms with Crippen molar-refractivity contribution in [3.05, 3.63) is 130 Å². The van der Waals surface area contributed by atoms with E-state index in [0.717, 1.165) is 33.4 Å². The molecule has 4 rings (SSSR count). The van der Waals surface area contributed by atoms with Crippen molar-refractivity contribution in [1.82, 2.24) is 10.2 Å². The third-order valence-corrected chi connectivity index (χ3v) is 9.60. The summed E-state index contributed by atoms with van der Waals surface area (Å²) < 4.78 is 29.7. The lowest BCUT2D eigenvalue weighted by Gasteiger charge is -2.34. The smallest absolute Gasteiger partial charge is 0.264 e. The van der Waals surface area contributed by atoms with Crippen molar-refractivity contribution >= 4 is 27.5 Å². The lowest BCUT2D eigenvalue weighted by atomic mass is 10.0. The maximum atomic E-state index is 14.5. The average Bonchev–Trinajstić information content (AvgIpc) is 3.01. The van der Waals surface area contributed by atoms with Gasteiger partial charge in [0.05, 0.1) is 10.6 Å². The van der Waals surface area contributed by atoms with Crippen LogP contribution in [0.3, 0.4) is 0 Å². The Bertz CT molecular complexity index is 1690. The molecule has 0 fully saturated rings. The SMILES string of the molecule is CCNC(=O)[C@H](Cc1ccccc1)N(Cc1ccc(C)cc1)C(=O)CN(c1cccc(C)c1C)S(=O)(=O)c1ccc(C)cc1. The second-order valence-electron chi connectivity index (χ2n) is 11.2. The summed E-state index contributed by atoms with van der Waals surface area (Å²) in [6, 6.07) is 28.5. The molecule has 1 atom stereocenters. The predicted octanol–water partition coefficient (Wildman–Crippen LogP) is 5.89. The molecule has 0 bridgehead atoms. The standard InChI is InChI=1S/C36H41N3O4S/c1-6-37-36(41)34(23-30-12-8-7-9-13-30)38(24-31-19-15-26(2)16-20-31)35(40)25-39(33-14-10-11-28(4)29(33)5)44(42,43)32-21-17-27(3)18-22-32/h7-22,34H,6,23-25H2,1-5H3,(H,37,41)/t34-/m0/s1. The quantitative estimate of drug-likeness (QED) is 0.216. The van der Waals surface area contributed by atoms with Crippen molar-refractivity contribution in [1.29, 1.82) is 0 Å². The highest BCUT2D eigenvalue weighted by Gasteiger charge is 2.35. The van der Waals surface area contributed by atoms with Gasteiger partial charge in [-0.3, -0.25) is 13.9 Å². The zero-order chi connectivity index (χ0) is 31.9. The Morgan fingerprint density at radius 1 is 0.750 bits per heavy atom.